The molecule has 27 heavy (non-hydrogen) atoms. The van der Waals surface area contributed by atoms with Crippen LogP contribution in [0.3, 0.4) is 0 Å². The standard InChI is InChI=1S/C18H12ClFN4O2S/c19-12-4-6-16(24-10-2-9-22-24)15(11-12)23-27(25,26)17-7-5-14(20)18-13(17)3-1-8-21-18/h1-11,23H. The topological polar surface area (TPSA) is 76.9 Å². The molecule has 2 aromatic heterocycles. The van der Waals surface area contributed by atoms with Gasteiger partial charge in [0.25, 0.3) is 10.0 Å². The second kappa shape index (κ2) is 6.64. The summed E-state index contributed by atoms with van der Waals surface area (Å²) in [6.07, 6.45) is 4.66. The minimum Gasteiger partial charge on any atom is -0.277 e. The van der Waals surface area contributed by atoms with Crippen LogP contribution in [0, 0.1) is 5.82 Å². The maximum Gasteiger partial charge on any atom is 0.262 e. The molecule has 0 saturated heterocycles. The second-order valence-electron chi connectivity index (χ2n) is 5.66. The molecule has 0 atom stereocenters. The van der Waals surface area contributed by atoms with Gasteiger partial charge in [-0.05, 0) is 48.5 Å². The van der Waals surface area contributed by atoms with E-state index in [2.05, 4.69) is 14.8 Å². The number of sulfonamides is 1. The summed E-state index contributed by atoms with van der Waals surface area (Å²) in [4.78, 5) is 3.85. The molecule has 136 valence electrons. The molecule has 9 heteroatoms. The van der Waals surface area contributed by atoms with Crippen LogP contribution in [0.15, 0.2) is 72.0 Å². The predicted octanol–water partition coefficient (Wildman–Crippen LogP) is 4.01. The summed E-state index contributed by atoms with van der Waals surface area (Å²) >= 11 is 6.04. The number of halogens is 2. The Hall–Kier alpha value is -2.97. The summed E-state index contributed by atoms with van der Waals surface area (Å²) in [5.41, 5.74) is 0.726. The predicted molar refractivity (Wildman–Crippen MR) is 101 cm³/mol. The van der Waals surface area contributed by atoms with Crippen LogP contribution in [0.1, 0.15) is 0 Å². The highest BCUT2D eigenvalue weighted by molar-refractivity contribution is 7.93. The van der Waals surface area contributed by atoms with E-state index in [1.165, 1.54) is 29.1 Å². The van der Waals surface area contributed by atoms with Gasteiger partial charge in [0.15, 0.2) is 0 Å². The van der Waals surface area contributed by atoms with Crippen LogP contribution in [-0.4, -0.2) is 23.2 Å². The number of anilines is 1. The van der Waals surface area contributed by atoms with Gasteiger partial charge in [-0.3, -0.25) is 9.71 Å². The lowest BCUT2D eigenvalue weighted by atomic mass is 10.2. The van der Waals surface area contributed by atoms with Crippen LogP contribution >= 0.6 is 11.6 Å². The fraction of sp³-hybridized carbons (Fsp3) is 0. The van der Waals surface area contributed by atoms with Gasteiger partial charge >= 0.3 is 0 Å². The molecule has 0 saturated carbocycles. The van der Waals surface area contributed by atoms with E-state index in [1.54, 1.807) is 36.7 Å². The minimum absolute atomic E-state index is 0.0150. The second-order valence-corrected chi connectivity index (χ2v) is 7.75. The molecule has 0 aliphatic carbocycles. The number of benzene rings is 2. The van der Waals surface area contributed by atoms with E-state index in [0.29, 0.717) is 10.7 Å². The average molecular weight is 403 g/mol. The molecule has 0 aliphatic rings. The third kappa shape index (κ3) is 3.24. The van der Waals surface area contributed by atoms with Crippen molar-refractivity contribution >= 4 is 38.2 Å². The third-order valence-electron chi connectivity index (χ3n) is 3.92. The summed E-state index contributed by atoms with van der Waals surface area (Å²) in [7, 11) is -4.04. The molecule has 0 unspecified atom stereocenters. The molecule has 0 spiro atoms. The number of hydrogen-bond donors (Lipinski definition) is 1. The fourth-order valence-corrected chi connectivity index (χ4v) is 4.18. The van der Waals surface area contributed by atoms with Crippen LogP contribution in [0.4, 0.5) is 10.1 Å². The summed E-state index contributed by atoms with van der Waals surface area (Å²) in [6.45, 7) is 0. The maximum absolute atomic E-state index is 14.0. The van der Waals surface area contributed by atoms with E-state index >= 15 is 0 Å². The zero-order chi connectivity index (χ0) is 19.0. The van der Waals surface area contributed by atoms with Crippen molar-refractivity contribution in [1.29, 1.82) is 0 Å². The van der Waals surface area contributed by atoms with Crippen molar-refractivity contribution in [1.82, 2.24) is 14.8 Å². The first-order valence-corrected chi connectivity index (χ1v) is 9.67. The van der Waals surface area contributed by atoms with E-state index in [1.807, 2.05) is 0 Å². The van der Waals surface area contributed by atoms with E-state index in [4.69, 9.17) is 11.6 Å². The smallest absolute Gasteiger partial charge is 0.262 e. The van der Waals surface area contributed by atoms with Crippen LogP contribution < -0.4 is 4.72 Å². The minimum atomic E-state index is -4.04. The van der Waals surface area contributed by atoms with Crippen molar-refractivity contribution < 1.29 is 12.8 Å². The van der Waals surface area contributed by atoms with Gasteiger partial charge < -0.3 is 0 Å². The lowest BCUT2D eigenvalue weighted by molar-refractivity contribution is 0.601. The lowest BCUT2D eigenvalue weighted by Gasteiger charge is -2.14. The number of aromatic nitrogens is 3. The maximum atomic E-state index is 14.0. The molecule has 0 aliphatic heterocycles. The van der Waals surface area contributed by atoms with Crippen molar-refractivity contribution in [3.63, 3.8) is 0 Å². The number of hydrogen-bond acceptors (Lipinski definition) is 4. The van der Waals surface area contributed by atoms with E-state index in [9.17, 15) is 12.8 Å². The van der Waals surface area contributed by atoms with E-state index in [-0.39, 0.29) is 21.5 Å². The molecular formula is C18H12ClFN4O2S. The van der Waals surface area contributed by atoms with Gasteiger partial charge in [-0.1, -0.05) is 11.6 Å². The first kappa shape index (κ1) is 17.4. The quantitative estimate of drug-likeness (QED) is 0.559. The largest absolute Gasteiger partial charge is 0.277 e. The molecule has 4 aromatic rings. The van der Waals surface area contributed by atoms with Crippen LogP contribution in [0.2, 0.25) is 5.02 Å². The molecule has 0 radical (unpaired) electrons. The Labute approximate surface area is 159 Å². The van der Waals surface area contributed by atoms with E-state index in [0.717, 1.165) is 6.07 Å². The highest BCUT2D eigenvalue weighted by atomic mass is 35.5. The molecule has 2 heterocycles. The molecule has 4 rings (SSSR count). The molecule has 2 aromatic carbocycles. The van der Waals surface area contributed by atoms with Gasteiger partial charge in [0.1, 0.15) is 11.3 Å². The summed E-state index contributed by atoms with van der Waals surface area (Å²) in [6, 6.07) is 11.8. The molecule has 1 N–H and O–H groups in total. The van der Waals surface area contributed by atoms with Gasteiger partial charge in [-0.2, -0.15) is 5.10 Å². The Morgan fingerprint density at radius 2 is 1.93 bits per heavy atom. The van der Waals surface area contributed by atoms with Gasteiger partial charge in [0.2, 0.25) is 0 Å². The van der Waals surface area contributed by atoms with Gasteiger partial charge in [-0.25, -0.2) is 17.5 Å². The summed E-state index contributed by atoms with van der Waals surface area (Å²) in [5, 5.41) is 4.66. The molecule has 0 fully saturated rings. The SMILES string of the molecule is O=S(=O)(Nc1cc(Cl)ccc1-n1cccn1)c1ccc(F)c2ncccc12. The molecule has 6 nitrogen and oxygen atoms in total. The first-order valence-electron chi connectivity index (χ1n) is 7.81. The van der Waals surface area contributed by atoms with Gasteiger partial charge in [0.05, 0.1) is 16.3 Å². The Bertz CT molecular complexity index is 1240. The van der Waals surface area contributed by atoms with Crippen molar-refractivity contribution in [2.45, 2.75) is 4.90 Å². The van der Waals surface area contributed by atoms with Gasteiger partial charge in [0, 0.05) is 29.0 Å². The monoisotopic (exact) mass is 402 g/mol. The number of nitrogens with one attached hydrogen (secondary N) is 1. The zero-order valence-electron chi connectivity index (χ0n) is 13.7. The molecule has 0 amide bonds. The highest BCUT2D eigenvalue weighted by Gasteiger charge is 2.21. The number of pyridine rings is 1. The van der Waals surface area contributed by atoms with E-state index < -0.39 is 15.8 Å². The third-order valence-corrected chi connectivity index (χ3v) is 5.58. The summed E-state index contributed by atoms with van der Waals surface area (Å²) in [5.74, 6) is -0.593. The Kier molecular flexibility index (Phi) is 4.29. The van der Waals surface area contributed by atoms with Crippen LogP contribution in [0.25, 0.3) is 16.6 Å². The Morgan fingerprint density at radius 1 is 1.07 bits per heavy atom. The Balaban J connectivity index is 1.85. The normalized spacial score (nSPS) is 11.6. The number of rotatable bonds is 4. The molecule has 0 bridgehead atoms. The van der Waals surface area contributed by atoms with Crippen molar-refractivity contribution in [3.8, 4) is 5.69 Å². The molecular weight excluding hydrogens is 391 g/mol. The lowest BCUT2D eigenvalue weighted by Crippen LogP contribution is -2.15. The average Bonchev–Trinajstić information content (AvgIpc) is 3.16. The Morgan fingerprint density at radius 3 is 2.70 bits per heavy atom. The first-order chi connectivity index (χ1) is 13.0. The summed E-state index contributed by atoms with van der Waals surface area (Å²) < 4.78 is 44.1. The van der Waals surface area contributed by atoms with Crippen molar-refractivity contribution in [3.05, 3.63) is 78.0 Å². The number of fused-ring (bicyclic) bond motifs is 1. The zero-order valence-corrected chi connectivity index (χ0v) is 15.2. The van der Waals surface area contributed by atoms with Crippen molar-refractivity contribution in [2.75, 3.05) is 4.72 Å². The fourth-order valence-electron chi connectivity index (χ4n) is 2.75. The van der Waals surface area contributed by atoms with Gasteiger partial charge in [-0.15, -0.1) is 0 Å². The van der Waals surface area contributed by atoms with Crippen LogP contribution in [0.5, 0.6) is 0 Å². The highest BCUT2D eigenvalue weighted by Crippen LogP contribution is 2.29. The number of nitrogens with zero attached hydrogens (tertiary/aromatic N) is 3. The van der Waals surface area contributed by atoms with Crippen LogP contribution in [-0.2, 0) is 10.0 Å². The van der Waals surface area contributed by atoms with Crippen molar-refractivity contribution in [2.24, 2.45) is 0 Å².